The molecule has 0 saturated carbocycles. The van der Waals surface area contributed by atoms with E-state index in [1.165, 1.54) is 29.7 Å². The van der Waals surface area contributed by atoms with Crippen LogP contribution >= 0.6 is 11.3 Å². The molecule has 1 aromatic carbocycles. The summed E-state index contributed by atoms with van der Waals surface area (Å²) >= 11 is 1.48. The molecule has 0 amide bonds. The number of aromatic nitrogens is 1. The van der Waals surface area contributed by atoms with E-state index in [2.05, 4.69) is 10.3 Å². The topological polar surface area (TPSA) is 92.8 Å². The van der Waals surface area contributed by atoms with Crippen LogP contribution in [0.2, 0.25) is 0 Å². The van der Waals surface area contributed by atoms with E-state index in [9.17, 15) is 9.50 Å². The molecule has 24 heavy (non-hydrogen) atoms. The van der Waals surface area contributed by atoms with Crippen molar-refractivity contribution in [1.82, 2.24) is 10.3 Å². The van der Waals surface area contributed by atoms with Crippen molar-refractivity contribution in [2.75, 3.05) is 0 Å². The number of hydrogen-bond acceptors (Lipinski definition) is 6. The maximum Gasteiger partial charge on any atom is 0.123 e. The molecule has 1 aromatic heterocycles. The number of rotatable bonds is 6. The number of halogens is 1. The fraction of sp³-hybridized carbons (Fsp3) is 0.235. The summed E-state index contributed by atoms with van der Waals surface area (Å²) in [4.78, 5) is 5.41. The Balaban J connectivity index is 2.38. The lowest BCUT2D eigenvalue weighted by atomic mass is 9.99. The van der Waals surface area contributed by atoms with Crippen LogP contribution in [0.3, 0.4) is 0 Å². The zero-order valence-corrected chi connectivity index (χ0v) is 14.1. The third-order valence-electron chi connectivity index (χ3n) is 3.33. The number of benzene rings is 1. The first-order valence-electron chi connectivity index (χ1n) is 7.24. The molecule has 3 N–H and O–H groups in total. The minimum absolute atomic E-state index is 0.212. The number of allylic oxidation sites excluding steroid dienone is 1. The van der Waals surface area contributed by atoms with E-state index in [4.69, 9.17) is 10.7 Å². The highest BCUT2D eigenvalue weighted by atomic mass is 32.1. The number of hydrogen-bond donors (Lipinski definition) is 3. The van der Waals surface area contributed by atoms with Crippen molar-refractivity contribution < 1.29 is 9.50 Å². The SMILES string of the molecule is Cc1nc(-c2ccc(F)cc2C(C)O)c(CN/C=C(/C#N)C=N)s1. The molecule has 2 rings (SSSR count). The van der Waals surface area contributed by atoms with Gasteiger partial charge in [0, 0.05) is 18.0 Å². The van der Waals surface area contributed by atoms with Gasteiger partial charge in [-0.05, 0) is 37.6 Å². The molecule has 0 spiro atoms. The van der Waals surface area contributed by atoms with Gasteiger partial charge in [-0.1, -0.05) is 0 Å². The van der Waals surface area contributed by atoms with Gasteiger partial charge in [-0.2, -0.15) is 5.26 Å². The number of thiazole rings is 1. The molecule has 124 valence electrons. The van der Waals surface area contributed by atoms with Crippen molar-refractivity contribution in [3.63, 3.8) is 0 Å². The Bertz CT molecular complexity index is 820. The van der Waals surface area contributed by atoms with Gasteiger partial charge in [0.25, 0.3) is 0 Å². The highest BCUT2D eigenvalue weighted by Crippen LogP contribution is 2.33. The predicted molar refractivity (Wildman–Crippen MR) is 92.2 cm³/mol. The van der Waals surface area contributed by atoms with Crippen molar-refractivity contribution in [2.24, 2.45) is 0 Å². The molecule has 0 bridgehead atoms. The Kier molecular flexibility index (Phi) is 5.79. The minimum atomic E-state index is -0.818. The molecular weight excluding hydrogens is 327 g/mol. The second kappa shape index (κ2) is 7.81. The molecule has 2 aromatic rings. The average molecular weight is 344 g/mol. The van der Waals surface area contributed by atoms with Crippen LogP contribution in [0.4, 0.5) is 4.39 Å². The van der Waals surface area contributed by atoms with E-state index in [0.717, 1.165) is 16.1 Å². The second-order valence-electron chi connectivity index (χ2n) is 5.15. The molecule has 1 heterocycles. The number of aliphatic hydroxyl groups is 1. The van der Waals surface area contributed by atoms with Gasteiger partial charge in [0.15, 0.2) is 0 Å². The number of nitriles is 1. The minimum Gasteiger partial charge on any atom is -0.389 e. The Morgan fingerprint density at radius 2 is 2.33 bits per heavy atom. The number of nitrogens with zero attached hydrogens (tertiary/aromatic N) is 2. The lowest BCUT2D eigenvalue weighted by Gasteiger charge is -2.12. The molecule has 0 radical (unpaired) electrons. The van der Waals surface area contributed by atoms with Gasteiger partial charge in [-0.15, -0.1) is 11.3 Å². The van der Waals surface area contributed by atoms with Crippen molar-refractivity contribution in [3.8, 4) is 17.3 Å². The lowest BCUT2D eigenvalue weighted by molar-refractivity contribution is 0.199. The zero-order valence-electron chi connectivity index (χ0n) is 13.3. The van der Waals surface area contributed by atoms with Crippen LogP contribution < -0.4 is 5.32 Å². The molecule has 0 aliphatic rings. The van der Waals surface area contributed by atoms with E-state index in [1.54, 1.807) is 13.0 Å². The van der Waals surface area contributed by atoms with Crippen molar-refractivity contribution in [2.45, 2.75) is 26.5 Å². The maximum atomic E-state index is 13.5. The molecule has 1 unspecified atom stereocenters. The number of aliphatic hydroxyl groups excluding tert-OH is 1. The first-order valence-corrected chi connectivity index (χ1v) is 8.06. The van der Waals surface area contributed by atoms with Crippen LogP contribution in [-0.2, 0) is 6.54 Å². The number of nitrogens with one attached hydrogen (secondary N) is 2. The summed E-state index contributed by atoms with van der Waals surface area (Å²) in [5.74, 6) is -0.408. The summed E-state index contributed by atoms with van der Waals surface area (Å²) in [6.07, 6.45) is 1.62. The monoisotopic (exact) mass is 344 g/mol. The van der Waals surface area contributed by atoms with Gasteiger partial charge < -0.3 is 15.8 Å². The Labute approximate surface area is 143 Å². The molecule has 5 nitrogen and oxygen atoms in total. The van der Waals surface area contributed by atoms with Gasteiger partial charge in [-0.25, -0.2) is 9.37 Å². The summed E-state index contributed by atoms with van der Waals surface area (Å²) in [6, 6.07) is 6.16. The molecule has 7 heteroatoms. The smallest absolute Gasteiger partial charge is 0.123 e. The molecule has 0 aliphatic carbocycles. The van der Waals surface area contributed by atoms with E-state index in [1.807, 2.05) is 13.0 Å². The standard InChI is InChI=1S/C17H17FN4OS/c1-10(23)15-5-13(18)3-4-14(15)17-16(24-11(2)22-17)9-21-8-12(6-19)7-20/h3-6,8,10,19,21,23H,9H2,1-2H3/b12-8+,19-6?. The fourth-order valence-corrected chi connectivity index (χ4v) is 3.16. The molecule has 0 aliphatic heterocycles. The highest BCUT2D eigenvalue weighted by Gasteiger charge is 2.17. The zero-order chi connectivity index (χ0) is 17.7. The van der Waals surface area contributed by atoms with Gasteiger partial charge >= 0.3 is 0 Å². The van der Waals surface area contributed by atoms with Gasteiger partial charge in [0.1, 0.15) is 11.9 Å². The molecule has 0 saturated heterocycles. The van der Waals surface area contributed by atoms with Crippen LogP contribution in [0, 0.1) is 29.5 Å². The van der Waals surface area contributed by atoms with E-state index < -0.39 is 11.9 Å². The van der Waals surface area contributed by atoms with Gasteiger partial charge in [0.2, 0.25) is 0 Å². The van der Waals surface area contributed by atoms with Crippen LogP contribution in [-0.4, -0.2) is 16.3 Å². The quantitative estimate of drug-likeness (QED) is 0.553. The maximum absolute atomic E-state index is 13.5. The van der Waals surface area contributed by atoms with Gasteiger partial charge in [-0.3, -0.25) is 0 Å². The average Bonchev–Trinajstić information content (AvgIpc) is 2.92. The van der Waals surface area contributed by atoms with Crippen LogP contribution in [0.25, 0.3) is 11.3 Å². The Morgan fingerprint density at radius 3 is 2.96 bits per heavy atom. The van der Waals surface area contributed by atoms with E-state index in [-0.39, 0.29) is 5.57 Å². The second-order valence-corrected chi connectivity index (χ2v) is 6.44. The van der Waals surface area contributed by atoms with Gasteiger partial charge in [0.05, 0.1) is 33.8 Å². The van der Waals surface area contributed by atoms with Crippen molar-refractivity contribution >= 4 is 17.6 Å². The summed E-state index contributed by atoms with van der Waals surface area (Å²) in [6.45, 7) is 3.87. The van der Waals surface area contributed by atoms with Crippen LogP contribution in [0.1, 0.15) is 28.5 Å². The van der Waals surface area contributed by atoms with Crippen molar-refractivity contribution in [3.05, 3.63) is 51.2 Å². The van der Waals surface area contributed by atoms with Crippen LogP contribution in [0.15, 0.2) is 30.0 Å². The lowest BCUT2D eigenvalue weighted by Crippen LogP contribution is -2.06. The third kappa shape index (κ3) is 4.04. The summed E-state index contributed by atoms with van der Waals surface area (Å²) in [5.41, 5.74) is 2.06. The van der Waals surface area contributed by atoms with Crippen LogP contribution in [0.5, 0.6) is 0 Å². The first kappa shape index (κ1) is 17.8. The highest BCUT2D eigenvalue weighted by molar-refractivity contribution is 7.12. The van der Waals surface area contributed by atoms with E-state index >= 15 is 0 Å². The van der Waals surface area contributed by atoms with E-state index in [0.29, 0.717) is 23.4 Å². The third-order valence-corrected chi connectivity index (χ3v) is 4.30. The summed E-state index contributed by atoms with van der Waals surface area (Å²) < 4.78 is 13.5. The predicted octanol–water partition coefficient (Wildman–Crippen LogP) is 3.46. The first-order chi connectivity index (χ1) is 11.5. The fourth-order valence-electron chi connectivity index (χ4n) is 2.25. The largest absolute Gasteiger partial charge is 0.389 e. The summed E-state index contributed by atoms with van der Waals surface area (Å²) in [7, 11) is 0. The normalized spacial score (nSPS) is 12.5. The summed E-state index contributed by atoms with van der Waals surface area (Å²) in [5, 5.41) is 29.6. The molecule has 1 atom stereocenters. The van der Waals surface area contributed by atoms with Crippen molar-refractivity contribution in [1.29, 1.82) is 10.7 Å². The Morgan fingerprint density at radius 1 is 1.58 bits per heavy atom. The molecule has 0 fully saturated rings. The number of aryl methyl sites for hydroxylation is 1. The molecular formula is C17H17FN4OS. The Hall–Kier alpha value is -2.56.